The Kier molecular flexibility index (Phi) is 8.86. The van der Waals surface area contributed by atoms with Gasteiger partial charge in [0.25, 0.3) is 11.7 Å². The molecular formula is C31H29F3N6O3. The van der Waals surface area contributed by atoms with E-state index in [1.165, 1.54) is 4.80 Å². The predicted molar refractivity (Wildman–Crippen MR) is 153 cm³/mol. The Balaban J connectivity index is 1.36. The number of nitrogens with one attached hydrogen (secondary N) is 2. The lowest BCUT2D eigenvalue weighted by atomic mass is 9.96. The number of dihydropyridines is 1. The van der Waals surface area contributed by atoms with Crippen LogP contribution in [0.4, 0.5) is 13.2 Å². The van der Waals surface area contributed by atoms with Crippen molar-refractivity contribution in [3.63, 3.8) is 0 Å². The Morgan fingerprint density at radius 3 is 2.42 bits per heavy atom. The van der Waals surface area contributed by atoms with Gasteiger partial charge in [-0.25, -0.2) is 0 Å². The summed E-state index contributed by atoms with van der Waals surface area (Å²) >= 11 is 0. The number of alkyl halides is 3. The van der Waals surface area contributed by atoms with Crippen molar-refractivity contribution < 1.29 is 27.8 Å². The second kappa shape index (κ2) is 12.9. The molecule has 1 amide bonds. The van der Waals surface area contributed by atoms with Crippen molar-refractivity contribution >= 4 is 17.2 Å². The maximum atomic E-state index is 13.1. The number of ether oxygens (including phenoxy) is 1. The van der Waals surface area contributed by atoms with E-state index < -0.39 is 24.7 Å². The lowest BCUT2D eigenvalue weighted by Gasteiger charge is -2.27. The number of amides is 1. The minimum Gasteiger partial charge on any atom is -0.494 e. The number of benzene rings is 3. The zero-order valence-electron chi connectivity index (χ0n) is 23.2. The van der Waals surface area contributed by atoms with E-state index in [0.717, 1.165) is 16.7 Å². The second-order valence-corrected chi connectivity index (χ2v) is 9.97. The highest BCUT2D eigenvalue weighted by atomic mass is 19.4. The van der Waals surface area contributed by atoms with Gasteiger partial charge in [0.2, 0.25) is 0 Å². The van der Waals surface area contributed by atoms with E-state index >= 15 is 0 Å². The zero-order chi connectivity index (χ0) is 30.4. The predicted octanol–water partition coefficient (Wildman–Crippen LogP) is 4.85. The molecule has 1 aliphatic rings. The van der Waals surface area contributed by atoms with E-state index in [1.54, 1.807) is 30.3 Å². The molecule has 1 unspecified atom stereocenters. The van der Waals surface area contributed by atoms with Crippen LogP contribution in [0.2, 0.25) is 0 Å². The number of hydrogen-bond acceptors (Lipinski definition) is 7. The van der Waals surface area contributed by atoms with Crippen molar-refractivity contribution in [2.45, 2.75) is 38.7 Å². The maximum Gasteiger partial charge on any atom is 0.389 e. The average Bonchev–Trinajstić information content (AvgIpc) is 3.46. The molecule has 4 aromatic rings. The topological polar surface area (TPSA) is 114 Å². The number of hydrogen-bond donors (Lipinski definition) is 3. The molecule has 0 aliphatic carbocycles. The largest absolute Gasteiger partial charge is 0.494 e. The molecule has 0 saturated heterocycles. The third-order valence-electron chi connectivity index (χ3n) is 6.62. The summed E-state index contributed by atoms with van der Waals surface area (Å²) in [6.07, 6.45) is -4.76. The first-order chi connectivity index (χ1) is 20.6. The van der Waals surface area contributed by atoms with E-state index in [1.807, 2.05) is 61.5 Å². The highest BCUT2D eigenvalue weighted by molar-refractivity contribution is 5.95. The Morgan fingerprint density at radius 1 is 1.02 bits per heavy atom. The van der Waals surface area contributed by atoms with Crippen molar-refractivity contribution in [3.8, 4) is 5.75 Å². The molecule has 1 atom stereocenters. The van der Waals surface area contributed by atoms with Crippen LogP contribution in [-0.2, 0) is 6.54 Å². The van der Waals surface area contributed by atoms with Crippen molar-refractivity contribution in [3.05, 3.63) is 119 Å². The molecule has 0 saturated carbocycles. The van der Waals surface area contributed by atoms with Gasteiger partial charge in [-0.15, -0.1) is 10.2 Å². The van der Waals surface area contributed by atoms with Gasteiger partial charge in [-0.05, 0) is 65.6 Å². The average molecular weight is 591 g/mol. The van der Waals surface area contributed by atoms with Gasteiger partial charge in [0.1, 0.15) is 5.75 Å². The second-order valence-electron chi connectivity index (χ2n) is 9.97. The van der Waals surface area contributed by atoms with Crippen molar-refractivity contribution in [1.82, 2.24) is 30.8 Å². The molecule has 12 heteroatoms. The Morgan fingerprint density at radius 2 is 1.72 bits per heavy atom. The quantitative estimate of drug-likeness (QED) is 0.226. The van der Waals surface area contributed by atoms with Crippen LogP contribution in [0.1, 0.15) is 45.7 Å². The van der Waals surface area contributed by atoms with Gasteiger partial charge in [-0.2, -0.15) is 18.0 Å². The number of allylic oxidation sites excluding steroid dienone is 2. The molecule has 2 heterocycles. The van der Waals surface area contributed by atoms with Crippen molar-refractivity contribution in [1.29, 1.82) is 0 Å². The van der Waals surface area contributed by atoms with E-state index in [4.69, 9.17) is 4.74 Å². The molecule has 3 N–H and O–H groups in total. The SMILES string of the molecule is Cc1ccc(C2=C(NC(=O)c3nnn(Cc4ccccc4)n3)C(O)NC(c3ccc(OCCCC(F)(F)F)cc3)=C2)cc1. The zero-order valence-corrected chi connectivity index (χ0v) is 23.2. The first kappa shape index (κ1) is 29.5. The van der Waals surface area contributed by atoms with Crippen molar-refractivity contribution in [2.24, 2.45) is 0 Å². The summed E-state index contributed by atoms with van der Waals surface area (Å²) in [5, 5.41) is 28.9. The van der Waals surface area contributed by atoms with Crippen LogP contribution < -0.4 is 15.4 Å². The molecular weight excluding hydrogens is 561 g/mol. The Hall–Kier alpha value is -4.97. The molecule has 9 nitrogen and oxygen atoms in total. The molecule has 3 aromatic carbocycles. The van der Waals surface area contributed by atoms with Gasteiger partial charge in [0.05, 0.1) is 18.8 Å². The number of carbonyl (C=O) groups excluding carboxylic acids is 1. The van der Waals surface area contributed by atoms with Crippen LogP contribution in [-0.4, -0.2) is 50.2 Å². The van der Waals surface area contributed by atoms with Gasteiger partial charge in [0.15, 0.2) is 6.23 Å². The van der Waals surface area contributed by atoms with Gasteiger partial charge in [-0.3, -0.25) is 4.79 Å². The highest BCUT2D eigenvalue weighted by Crippen LogP contribution is 2.30. The molecule has 5 rings (SSSR count). The lowest BCUT2D eigenvalue weighted by molar-refractivity contribution is -0.136. The fourth-order valence-electron chi connectivity index (χ4n) is 4.42. The normalized spacial score (nSPS) is 15.1. The van der Waals surface area contributed by atoms with Crippen molar-refractivity contribution in [2.75, 3.05) is 6.61 Å². The van der Waals surface area contributed by atoms with Crippen LogP contribution in [0.5, 0.6) is 5.75 Å². The minimum absolute atomic E-state index is 0.0588. The summed E-state index contributed by atoms with van der Waals surface area (Å²) in [4.78, 5) is 14.5. The number of aliphatic hydroxyl groups is 1. The molecule has 43 heavy (non-hydrogen) atoms. The monoisotopic (exact) mass is 590 g/mol. The van der Waals surface area contributed by atoms with E-state index in [-0.39, 0.29) is 24.5 Å². The molecule has 1 aliphatic heterocycles. The first-order valence-electron chi connectivity index (χ1n) is 13.6. The Labute approximate surface area is 245 Å². The Bertz CT molecular complexity index is 1620. The first-order valence-corrected chi connectivity index (χ1v) is 13.6. The number of rotatable bonds is 10. The molecule has 0 fully saturated rings. The number of aryl methyl sites for hydroxylation is 1. The highest BCUT2D eigenvalue weighted by Gasteiger charge is 2.27. The van der Waals surface area contributed by atoms with Crippen LogP contribution in [0, 0.1) is 6.92 Å². The van der Waals surface area contributed by atoms with Crippen LogP contribution in [0.3, 0.4) is 0 Å². The summed E-state index contributed by atoms with van der Waals surface area (Å²) in [7, 11) is 0. The van der Waals surface area contributed by atoms with Crippen LogP contribution in [0.25, 0.3) is 11.3 Å². The van der Waals surface area contributed by atoms with Gasteiger partial charge >= 0.3 is 6.18 Å². The van der Waals surface area contributed by atoms with Gasteiger partial charge < -0.3 is 20.5 Å². The number of aliphatic hydroxyl groups excluding tert-OH is 1. The fraction of sp³-hybridized carbons (Fsp3) is 0.226. The third kappa shape index (κ3) is 7.86. The summed E-state index contributed by atoms with van der Waals surface area (Å²) in [5.74, 6) is -0.360. The summed E-state index contributed by atoms with van der Waals surface area (Å²) in [6.45, 7) is 2.24. The van der Waals surface area contributed by atoms with Gasteiger partial charge in [-0.1, -0.05) is 60.2 Å². The number of aromatic nitrogens is 4. The molecule has 1 aromatic heterocycles. The third-order valence-corrected chi connectivity index (χ3v) is 6.62. The maximum absolute atomic E-state index is 13.1. The van der Waals surface area contributed by atoms with Gasteiger partial charge in [0, 0.05) is 17.7 Å². The van der Waals surface area contributed by atoms with Crippen LogP contribution in [0.15, 0.2) is 90.6 Å². The number of tetrazole rings is 1. The number of carbonyl (C=O) groups is 1. The van der Waals surface area contributed by atoms with Crippen LogP contribution >= 0.6 is 0 Å². The summed E-state index contributed by atoms with van der Waals surface area (Å²) in [6, 6.07) is 23.9. The fourth-order valence-corrected chi connectivity index (χ4v) is 4.42. The smallest absolute Gasteiger partial charge is 0.389 e. The van der Waals surface area contributed by atoms with E-state index in [9.17, 15) is 23.1 Å². The molecule has 0 spiro atoms. The molecule has 0 bridgehead atoms. The minimum atomic E-state index is -4.22. The molecule has 0 radical (unpaired) electrons. The summed E-state index contributed by atoms with van der Waals surface area (Å²) in [5.41, 5.74) is 4.78. The standard InChI is InChI=1S/C31H29F3N6O3/c1-20-8-10-22(11-9-20)25-18-26(23-12-14-24(15-13-23)43-17-5-16-31(32,33)34)35-29(41)27(25)36-30(42)28-37-39-40(38-28)19-21-6-3-2-4-7-21/h2-4,6-15,18,29,35,41H,5,16-17,19H2,1H3,(H,36,42). The molecule has 222 valence electrons. The van der Waals surface area contributed by atoms with E-state index in [0.29, 0.717) is 29.1 Å². The lowest BCUT2D eigenvalue weighted by Crippen LogP contribution is -2.41. The number of nitrogens with zero attached hydrogens (tertiary/aromatic N) is 4. The van der Waals surface area contributed by atoms with E-state index in [2.05, 4.69) is 26.0 Å². The summed E-state index contributed by atoms with van der Waals surface area (Å²) < 4.78 is 42.6. The number of halogens is 3.